The second-order valence-electron chi connectivity index (χ2n) is 1.11. The van der Waals surface area contributed by atoms with Crippen molar-refractivity contribution < 1.29 is 4.57 Å². The van der Waals surface area contributed by atoms with Gasteiger partial charge in [0.1, 0.15) is 0 Å². The molecule has 0 heterocycles. The fourth-order valence-electron chi connectivity index (χ4n) is 0.163. The van der Waals surface area contributed by atoms with Gasteiger partial charge in [0, 0.05) is 11.7 Å². The first kappa shape index (κ1) is 8.84. The maximum atomic E-state index is 10.4. The van der Waals surface area contributed by atoms with Crippen molar-refractivity contribution in [3.63, 3.8) is 0 Å². The number of rotatable bonds is 2. The molecule has 0 bridgehead atoms. The monoisotopic (exact) mass is 192 g/mol. The van der Waals surface area contributed by atoms with Crippen molar-refractivity contribution in [2.75, 3.05) is 6.16 Å². The van der Waals surface area contributed by atoms with Gasteiger partial charge in [-0.3, -0.25) is 4.57 Å². The summed E-state index contributed by atoms with van der Waals surface area (Å²) in [6.45, 7) is 0. The Bertz CT molecular complexity index is 126. The average Bonchev–Trinajstić information content (AvgIpc) is 1.59. The molecule has 5 heteroatoms. The fourth-order valence-corrected chi connectivity index (χ4v) is 1.20. The molecule has 0 atom stereocenters. The number of hydrogen-bond donors (Lipinski definition) is 0. The van der Waals surface area contributed by atoms with Crippen molar-refractivity contribution >= 4 is 39.9 Å². The Balaban J connectivity index is 3.57. The third-order valence-corrected chi connectivity index (χ3v) is 2.05. The molecule has 0 saturated heterocycles. The molecule has 0 aromatic heterocycles. The first-order valence-electron chi connectivity index (χ1n) is 1.80. The van der Waals surface area contributed by atoms with E-state index in [1.54, 1.807) is 0 Å². The van der Waals surface area contributed by atoms with Crippen LogP contribution in [0.1, 0.15) is 0 Å². The van der Waals surface area contributed by atoms with Crippen molar-refractivity contribution in [3.8, 4) is 0 Å². The standard InChI is InChI=1S/C3H4Cl3OP/c4-2-1-3-8(5,6)7/h1-2H,3H2/b2-1+. The van der Waals surface area contributed by atoms with Gasteiger partial charge in [-0.25, -0.2) is 0 Å². The first-order valence-corrected chi connectivity index (χ1v) is 5.94. The third-order valence-electron chi connectivity index (χ3n) is 0.407. The fraction of sp³-hybridized carbons (Fsp3) is 0.333. The maximum absolute atomic E-state index is 10.4. The average molecular weight is 193 g/mol. The van der Waals surface area contributed by atoms with Crippen molar-refractivity contribution in [2.24, 2.45) is 0 Å². The highest BCUT2D eigenvalue weighted by molar-refractivity contribution is 8.08. The van der Waals surface area contributed by atoms with Crippen molar-refractivity contribution in [1.29, 1.82) is 0 Å². The highest BCUT2D eigenvalue weighted by Crippen LogP contribution is 2.56. The molecule has 1 nitrogen and oxygen atoms in total. The van der Waals surface area contributed by atoms with E-state index in [1.165, 1.54) is 11.6 Å². The Morgan fingerprint density at radius 2 is 2.00 bits per heavy atom. The Kier molecular flexibility index (Phi) is 4.19. The minimum atomic E-state index is -2.91. The van der Waals surface area contributed by atoms with Crippen LogP contribution >= 0.6 is 39.9 Å². The van der Waals surface area contributed by atoms with E-state index in [-0.39, 0.29) is 6.16 Å². The second kappa shape index (κ2) is 3.79. The Hall–Kier alpha value is 0.840. The van der Waals surface area contributed by atoms with E-state index in [0.29, 0.717) is 0 Å². The SMILES string of the molecule is O=P(Cl)(Cl)C/C=C/Cl. The summed E-state index contributed by atoms with van der Waals surface area (Å²) in [5.74, 6) is -2.91. The van der Waals surface area contributed by atoms with Crippen LogP contribution in [0.25, 0.3) is 0 Å². The molecule has 8 heavy (non-hydrogen) atoms. The van der Waals surface area contributed by atoms with Gasteiger partial charge in [0.25, 0.3) is 5.85 Å². The molecule has 0 rings (SSSR count). The van der Waals surface area contributed by atoms with Crippen LogP contribution in [0.2, 0.25) is 0 Å². The molecular weight excluding hydrogens is 189 g/mol. The molecular formula is C3H4Cl3OP. The first-order chi connectivity index (χ1) is 3.56. The smallest absolute Gasteiger partial charge is 0.256 e. The van der Waals surface area contributed by atoms with E-state index in [9.17, 15) is 4.57 Å². The van der Waals surface area contributed by atoms with E-state index in [2.05, 4.69) is 0 Å². The largest absolute Gasteiger partial charge is 0.289 e. The summed E-state index contributed by atoms with van der Waals surface area (Å²) in [6, 6.07) is 0. The van der Waals surface area contributed by atoms with Crippen LogP contribution in [0.15, 0.2) is 11.6 Å². The summed E-state index contributed by atoms with van der Waals surface area (Å²) < 4.78 is 10.4. The van der Waals surface area contributed by atoms with Crippen LogP contribution in [-0.4, -0.2) is 6.16 Å². The van der Waals surface area contributed by atoms with Gasteiger partial charge in [-0.1, -0.05) is 17.7 Å². The number of allylic oxidation sites excluding steroid dienone is 1. The van der Waals surface area contributed by atoms with Crippen LogP contribution in [-0.2, 0) is 4.57 Å². The molecule has 0 radical (unpaired) electrons. The highest BCUT2D eigenvalue weighted by Gasteiger charge is 2.08. The molecule has 0 N–H and O–H groups in total. The zero-order chi connectivity index (χ0) is 6.62. The predicted molar refractivity (Wildman–Crippen MR) is 39.2 cm³/mol. The van der Waals surface area contributed by atoms with Crippen LogP contribution in [0.4, 0.5) is 0 Å². The van der Waals surface area contributed by atoms with Gasteiger partial charge in [0.2, 0.25) is 0 Å². The van der Waals surface area contributed by atoms with Crippen LogP contribution < -0.4 is 0 Å². The van der Waals surface area contributed by atoms with Crippen LogP contribution in [0.5, 0.6) is 0 Å². The maximum Gasteiger partial charge on any atom is 0.256 e. The van der Waals surface area contributed by atoms with Gasteiger partial charge in [-0.15, -0.1) is 0 Å². The van der Waals surface area contributed by atoms with Gasteiger partial charge in [-0.2, -0.15) is 0 Å². The lowest BCUT2D eigenvalue weighted by atomic mass is 10.8. The molecule has 0 aromatic rings. The molecule has 0 aliphatic heterocycles. The topological polar surface area (TPSA) is 17.1 Å². The molecule has 0 amide bonds. The van der Waals surface area contributed by atoms with Crippen LogP contribution in [0, 0.1) is 0 Å². The lowest BCUT2D eigenvalue weighted by Crippen LogP contribution is -1.65. The van der Waals surface area contributed by atoms with Gasteiger partial charge >= 0.3 is 0 Å². The Morgan fingerprint density at radius 1 is 1.50 bits per heavy atom. The number of hydrogen-bond acceptors (Lipinski definition) is 1. The Morgan fingerprint density at radius 3 is 2.12 bits per heavy atom. The van der Waals surface area contributed by atoms with Gasteiger partial charge < -0.3 is 0 Å². The van der Waals surface area contributed by atoms with E-state index in [0.717, 1.165) is 0 Å². The summed E-state index contributed by atoms with van der Waals surface area (Å²) in [6.07, 6.45) is 1.59. The lowest BCUT2D eigenvalue weighted by Gasteiger charge is -1.91. The van der Waals surface area contributed by atoms with Crippen molar-refractivity contribution in [3.05, 3.63) is 11.6 Å². The lowest BCUT2D eigenvalue weighted by molar-refractivity contribution is 0.594. The highest BCUT2D eigenvalue weighted by atomic mass is 35.9. The molecule has 0 saturated carbocycles. The zero-order valence-electron chi connectivity index (χ0n) is 3.85. The second-order valence-corrected chi connectivity index (χ2v) is 6.67. The minimum absolute atomic E-state index is 0.139. The summed E-state index contributed by atoms with van der Waals surface area (Å²) in [4.78, 5) is 0. The van der Waals surface area contributed by atoms with E-state index in [1.807, 2.05) is 0 Å². The Labute approximate surface area is 62.6 Å². The van der Waals surface area contributed by atoms with Gasteiger partial charge in [-0.05, 0) is 22.5 Å². The molecule has 0 fully saturated rings. The van der Waals surface area contributed by atoms with Gasteiger partial charge in [0.05, 0.1) is 0 Å². The predicted octanol–water partition coefficient (Wildman–Crippen LogP) is 3.41. The van der Waals surface area contributed by atoms with Crippen molar-refractivity contribution in [1.82, 2.24) is 0 Å². The van der Waals surface area contributed by atoms with E-state index < -0.39 is 5.85 Å². The summed E-state index contributed by atoms with van der Waals surface area (Å²) in [5.41, 5.74) is 1.23. The van der Waals surface area contributed by atoms with Crippen LogP contribution in [0.3, 0.4) is 0 Å². The van der Waals surface area contributed by atoms with Crippen molar-refractivity contribution in [2.45, 2.75) is 0 Å². The third kappa shape index (κ3) is 6.84. The molecule has 0 unspecified atom stereocenters. The molecule has 0 aliphatic rings. The zero-order valence-corrected chi connectivity index (χ0v) is 7.01. The summed E-state index contributed by atoms with van der Waals surface area (Å²) in [5, 5.41) is 0. The minimum Gasteiger partial charge on any atom is -0.289 e. The molecule has 0 aromatic carbocycles. The normalized spacial score (nSPS) is 12.9. The number of halogens is 3. The van der Waals surface area contributed by atoms with E-state index in [4.69, 9.17) is 34.1 Å². The molecule has 48 valence electrons. The van der Waals surface area contributed by atoms with Gasteiger partial charge in [0.15, 0.2) is 0 Å². The summed E-state index contributed by atoms with van der Waals surface area (Å²) >= 11 is 15.3. The molecule has 0 aliphatic carbocycles. The van der Waals surface area contributed by atoms with E-state index >= 15 is 0 Å². The summed E-state index contributed by atoms with van der Waals surface area (Å²) in [7, 11) is 0. The molecule has 0 spiro atoms. The quantitative estimate of drug-likeness (QED) is 0.614.